The van der Waals surface area contributed by atoms with Gasteiger partial charge in [0.1, 0.15) is 0 Å². The number of halogens is 1. The zero-order valence-corrected chi connectivity index (χ0v) is 10.0. The molecular weight excluding hydrogens is 228 g/mol. The van der Waals surface area contributed by atoms with E-state index in [9.17, 15) is 9.59 Å². The van der Waals surface area contributed by atoms with Crippen molar-refractivity contribution in [3.8, 4) is 0 Å². The van der Waals surface area contributed by atoms with E-state index in [0.717, 1.165) is 11.8 Å². The maximum Gasteiger partial charge on any atom is 0.310 e. The van der Waals surface area contributed by atoms with Gasteiger partial charge in [-0.1, -0.05) is 11.6 Å². The van der Waals surface area contributed by atoms with E-state index in [1.807, 2.05) is 0 Å². The van der Waals surface area contributed by atoms with Crippen LogP contribution in [0.25, 0.3) is 0 Å². The predicted molar refractivity (Wildman–Crippen MR) is 61.9 cm³/mol. The van der Waals surface area contributed by atoms with Crippen LogP contribution in [0.2, 0.25) is 5.02 Å². The topological polar surface area (TPSA) is 43.4 Å². The second-order valence-corrected chi connectivity index (χ2v) is 3.83. The molecule has 0 spiro atoms. The molecule has 0 aliphatic heterocycles. The summed E-state index contributed by atoms with van der Waals surface area (Å²) in [5.41, 5.74) is 1.89. The fourth-order valence-electron chi connectivity index (χ4n) is 1.51. The molecule has 0 aromatic heterocycles. The normalized spacial score (nSPS) is 9.94. The first-order chi connectivity index (χ1) is 7.58. The lowest BCUT2D eigenvalue weighted by Crippen LogP contribution is -2.10. The molecule has 0 amide bonds. The lowest BCUT2D eigenvalue weighted by Gasteiger charge is -2.08. The fraction of sp³-hybridized carbons (Fsp3) is 0.333. The molecule has 3 nitrogen and oxygen atoms in total. The van der Waals surface area contributed by atoms with Gasteiger partial charge in [-0.25, -0.2) is 0 Å². The third-order valence-electron chi connectivity index (χ3n) is 2.20. The standard InChI is InChI=1S/C12H13ClO3/c1-3-16-12(15)6-9-5-10(13)4-8(2)11(9)7-14/h4-5,7H,3,6H2,1-2H3. The molecule has 4 heteroatoms. The third kappa shape index (κ3) is 3.07. The minimum Gasteiger partial charge on any atom is -0.466 e. The molecule has 1 rings (SSSR count). The highest BCUT2D eigenvalue weighted by atomic mass is 35.5. The van der Waals surface area contributed by atoms with E-state index in [0.29, 0.717) is 22.8 Å². The molecule has 0 bridgehead atoms. The SMILES string of the molecule is CCOC(=O)Cc1cc(Cl)cc(C)c1C=O. The second kappa shape index (κ2) is 5.66. The van der Waals surface area contributed by atoms with Crippen LogP contribution in [0.1, 0.15) is 28.4 Å². The van der Waals surface area contributed by atoms with E-state index < -0.39 is 0 Å². The maximum atomic E-state index is 11.3. The van der Waals surface area contributed by atoms with Crippen LogP contribution in [-0.2, 0) is 16.0 Å². The quantitative estimate of drug-likeness (QED) is 0.600. The summed E-state index contributed by atoms with van der Waals surface area (Å²) in [6.07, 6.45) is 0.809. The van der Waals surface area contributed by atoms with Gasteiger partial charge in [-0.2, -0.15) is 0 Å². The number of benzene rings is 1. The molecule has 0 aliphatic carbocycles. The summed E-state index contributed by atoms with van der Waals surface area (Å²) in [6.45, 7) is 3.85. The largest absolute Gasteiger partial charge is 0.466 e. The summed E-state index contributed by atoms with van der Waals surface area (Å²) in [5, 5.41) is 0.516. The van der Waals surface area contributed by atoms with Gasteiger partial charge < -0.3 is 4.74 Å². The molecular formula is C12H13ClO3. The Morgan fingerprint density at radius 2 is 2.19 bits per heavy atom. The first-order valence-corrected chi connectivity index (χ1v) is 5.36. The van der Waals surface area contributed by atoms with Crippen molar-refractivity contribution in [3.05, 3.63) is 33.8 Å². The highest BCUT2D eigenvalue weighted by Crippen LogP contribution is 2.20. The summed E-state index contributed by atoms with van der Waals surface area (Å²) in [4.78, 5) is 22.2. The van der Waals surface area contributed by atoms with Gasteiger partial charge in [0.25, 0.3) is 0 Å². The Hall–Kier alpha value is -1.35. The Labute approximate surface area is 99.4 Å². The van der Waals surface area contributed by atoms with Crippen LogP contribution in [0.4, 0.5) is 0 Å². The molecule has 16 heavy (non-hydrogen) atoms. The minimum absolute atomic E-state index is 0.0727. The van der Waals surface area contributed by atoms with Gasteiger partial charge in [-0.15, -0.1) is 0 Å². The molecule has 0 N–H and O–H groups in total. The van der Waals surface area contributed by atoms with Crippen LogP contribution in [0.5, 0.6) is 0 Å². The van der Waals surface area contributed by atoms with Crippen LogP contribution < -0.4 is 0 Å². The van der Waals surface area contributed by atoms with E-state index in [1.54, 1.807) is 26.0 Å². The van der Waals surface area contributed by atoms with E-state index in [4.69, 9.17) is 16.3 Å². The predicted octanol–water partition coefficient (Wildman–Crippen LogP) is 2.57. The molecule has 0 saturated carbocycles. The van der Waals surface area contributed by atoms with Crippen LogP contribution in [0.3, 0.4) is 0 Å². The number of hydrogen-bond acceptors (Lipinski definition) is 3. The average molecular weight is 241 g/mol. The van der Waals surface area contributed by atoms with Gasteiger partial charge in [0.05, 0.1) is 13.0 Å². The molecule has 86 valence electrons. The highest BCUT2D eigenvalue weighted by Gasteiger charge is 2.11. The van der Waals surface area contributed by atoms with Crippen molar-refractivity contribution < 1.29 is 14.3 Å². The number of ether oxygens (including phenoxy) is 1. The van der Waals surface area contributed by atoms with Crippen LogP contribution in [0, 0.1) is 6.92 Å². The molecule has 0 heterocycles. The summed E-state index contributed by atoms with van der Waals surface area (Å²) < 4.78 is 4.83. The van der Waals surface area contributed by atoms with Crippen molar-refractivity contribution in [1.82, 2.24) is 0 Å². The Morgan fingerprint density at radius 1 is 1.50 bits per heavy atom. The average Bonchev–Trinajstić information content (AvgIpc) is 2.17. The van der Waals surface area contributed by atoms with Crippen LogP contribution in [-0.4, -0.2) is 18.9 Å². The number of aryl methyl sites for hydroxylation is 1. The van der Waals surface area contributed by atoms with E-state index >= 15 is 0 Å². The van der Waals surface area contributed by atoms with Crippen LogP contribution >= 0.6 is 11.6 Å². The number of hydrogen-bond donors (Lipinski definition) is 0. The number of esters is 1. The number of carbonyl (C=O) groups is 2. The second-order valence-electron chi connectivity index (χ2n) is 3.40. The molecule has 0 aliphatic rings. The number of rotatable bonds is 4. The lowest BCUT2D eigenvalue weighted by molar-refractivity contribution is -0.142. The lowest BCUT2D eigenvalue weighted by atomic mass is 10.0. The fourth-order valence-corrected chi connectivity index (χ4v) is 1.80. The molecule has 0 atom stereocenters. The van der Waals surface area contributed by atoms with Crippen molar-refractivity contribution in [3.63, 3.8) is 0 Å². The van der Waals surface area contributed by atoms with E-state index in [1.165, 1.54) is 0 Å². The third-order valence-corrected chi connectivity index (χ3v) is 2.41. The number of carbonyl (C=O) groups excluding carboxylic acids is 2. The number of aldehydes is 1. The first kappa shape index (κ1) is 12.7. The zero-order chi connectivity index (χ0) is 12.1. The Morgan fingerprint density at radius 3 is 2.75 bits per heavy atom. The van der Waals surface area contributed by atoms with Gasteiger partial charge in [-0.3, -0.25) is 9.59 Å². The van der Waals surface area contributed by atoms with E-state index in [2.05, 4.69) is 0 Å². The van der Waals surface area contributed by atoms with Gasteiger partial charge >= 0.3 is 5.97 Å². The Kier molecular flexibility index (Phi) is 4.50. The smallest absolute Gasteiger partial charge is 0.310 e. The minimum atomic E-state index is -0.354. The van der Waals surface area contributed by atoms with Crippen molar-refractivity contribution in [2.45, 2.75) is 20.3 Å². The molecule has 1 aromatic rings. The monoisotopic (exact) mass is 240 g/mol. The Balaban J connectivity index is 3.02. The van der Waals surface area contributed by atoms with Gasteiger partial charge in [0.15, 0.2) is 6.29 Å². The highest BCUT2D eigenvalue weighted by molar-refractivity contribution is 6.30. The van der Waals surface area contributed by atoms with E-state index in [-0.39, 0.29) is 12.4 Å². The van der Waals surface area contributed by atoms with Crippen molar-refractivity contribution >= 4 is 23.9 Å². The first-order valence-electron chi connectivity index (χ1n) is 4.98. The molecule has 0 saturated heterocycles. The van der Waals surface area contributed by atoms with Crippen molar-refractivity contribution in [1.29, 1.82) is 0 Å². The van der Waals surface area contributed by atoms with Gasteiger partial charge in [0.2, 0.25) is 0 Å². The zero-order valence-electron chi connectivity index (χ0n) is 9.25. The molecule has 0 fully saturated rings. The molecule has 0 unspecified atom stereocenters. The van der Waals surface area contributed by atoms with Gasteiger partial charge in [0, 0.05) is 10.6 Å². The summed E-state index contributed by atoms with van der Waals surface area (Å²) in [5.74, 6) is -0.354. The molecule has 1 aromatic carbocycles. The van der Waals surface area contributed by atoms with Crippen LogP contribution in [0.15, 0.2) is 12.1 Å². The summed E-state index contributed by atoms with van der Waals surface area (Å²) in [7, 11) is 0. The summed E-state index contributed by atoms with van der Waals surface area (Å²) in [6, 6.07) is 3.31. The maximum absolute atomic E-state index is 11.3. The van der Waals surface area contributed by atoms with Gasteiger partial charge in [-0.05, 0) is 37.1 Å². The van der Waals surface area contributed by atoms with Crippen molar-refractivity contribution in [2.75, 3.05) is 6.61 Å². The van der Waals surface area contributed by atoms with Crippen molar-refractivity contribution in [2.24, 2.45) is 0 Å². The Bertz CT molecular complexity index is 413. The molecule has 0 radical (unpaired) electrons. The summed E-state index contributed by atoms with van der Waals surface area (Å²) >= 11 is 5.87.